The molecule has 0 saturated carbocycles. The number of rotatable bonds is 4. The maximum absolute atomic E-state index is 13.2. The van der Waals surface area contributed by atoms with Crippen molar-refractivity contribution in [2.24, 2.45) is 7.05 Å². The average molecular weight is 461 g/mol. The minimum absolute atomic E-state index is 0.0344. The van der Waals surface area contributed by atoms with Crippen LogP contribution in [-0.4, -0.2) is 39.6 Å². The Kier molecular flexibility index (Phi) is 6.04. The van der Waals surface area contributed by atoms with Crippen molar-refractivity contribution in [2.45, 2.75) is 37.9 Å². The number of anilines is 2. The predicted molar refractivity (Wildman–Crippen MR) is 122 cm³/mol. The number of aromatic nitrogens is 3. The molecule has 3 N–H and O–H groups in total. The van der Waals surface area contributed by atoms with Crippen molar-refractivity contribution in [1.29, 1.82) is 0 Å². The lowest BCUT2D eigenvalue weighted by atomic mass is 9.91. The minimum atomic E-state index is -4.49. The van der Waals surface area contributed by atoms with Crippen LogP contribution in [0.2, 0.25) is 0 Å². The summed E-state index contributed by atoms with van der Waals surface area (Å²) in [4.78, 5) is 23.9. The Morgan fingerprint density at radius 1 is 1.18 bits per heavy atom. The molecule has 4 rings (SSSR count). The monoisotopic (exact) mass is 460 g/mol. The summed E-state index contributed by atoms with van der Waals surface area (Å²) < 4.78 is 41.2. The van der Waals surface area contributed by atoms with Gasteiger partial charge in [-0.2, -0.15) is 13.2 Å². The van der Waals surface area contributed by atoms with Gasteiger partial charge in [-0.25, -0.2) is 9.97 Å². The fourth-order valence-corrected chi connectivity index (χ4v) is 4.50. The summed E-state index contributed by atoms with van der Waals surface area (Å²) in [5.74, 6) is 0.546. The van der Waals surface area contributed by atoms with Crippen molar-refractivity contribution in [2.75, 3.05) is 31.2 Å². The van der Waals surface area contributed by atoms with Crippen LogP contribution in [-0.2, 0) is 13.2 Å². The molecule has 2 atom stereocenters. The van der Waals surface area contributed by atoms with Crippen LogP contribution in [0.1, 0.15) is 48.4 Å². The molecule has 1 aromatic carbocycles. The Hall–Kier alpha value is -3.14. The van der Waals surface area contributed by atoms with E-state index in [4.69, 9.17) is 5.73 Å². The molecule has 0 amide bonds. The van der Waals surface area contributed by atoms with E-state index in [0.29, 0.717) is 28.0 Å². The number of likely N-dealkylation sites (tertiary alicyclic amines) is 1. The molecule has 3 aromatic rings. The molecule has 33 heavy (non-hydrogen) atoms. The van der Waals surface area contributed by atoms with E-state index in [1.807, 2.05) is 13.1 Å². The number of benzene rings is 1. The number of pyridine rings is 1. The molecule has 3 heterocycles. The Balaban J connectivity index is 1.74. The number of nitrogens with two attached hydrogens (primary N) is 1. The number of nitrogens with zero attached hydrogens (tertiary/aromatic N) is 4. The topological polar surface area (TPSA) is 89.1 Å². The predicted octanol–water partition coefficient (Wildman–Crippen LogP) is 3.91. The number of alkyl halides is 3. The lowest BCUT2D eigenvalue weighted by molar-refractivity contribution is -0.137. The third-order valence-corrected chi connectivity index (χ3v) is 6.25. The van der Waals surface area contributed by atoms with E-state index < -0.39 is 17.8 Å². The van der Waals surface area contributed by atoms with E-state index >= 15 is 0 Å². The highest BCUT2D eigenvalue weighted by molar-refractivity contribution is 5.87. The molecule has 7 nitrogen and oxygen atoms in total. The Labute approximate surface area is 189 Å². The van der Waals surface area contributed by atoms with Crippen LogP contribution in [0.15, 0.2) is 35.4 Å². The van der Waals surface area contributed by atoms with Crippen LogP contribution < -0.4 is 16.6 Å². The van der Waals surface area contributed by atoms with Crippen molar-refractivity contribution in [3.63, 3.8) is 0 Å². The number of nitrogens with one attached hydrogen (secondary N) is 1. The molecule has 0 bridgehead atoms. The number of piperidine rings is 1. The van der Waals surface area contributed by atoms with Crippen molar-refractivity contribution in [3.05, 3.63) is 57.6 Å². The largest absolute Gasteiger partial charge is 0.416 e. The lowest BCUT2D eigenvalue weighted by Crippen LogP contribution is -2.34. The van der Waals surface area contributed by atoms with Gasteiger partial charge in [0.25, 0.3) is 5.56 Å². The average Bonchev–Trinajstić information content (AvgIpc) is 2.75. The quantitative estimate of drug-likeness (QED) is 0.574. The Bertz CT molecular complexity index is 1240. The van der Waals surface area contributed by atoms with Crippen molar-refractivity contribution in [3.8, 4) is 0 Å². The van der Waals surface area contributed by atoms with Crippen molar-refractivity contribution >= 4 is 22.5 Å². The summed E-state index contributed by atoms with van der Waals surface area (Å²) in [5, 5.41) is 3.84. The first-order chi connectivity index (χ1) is 15.5. The maximum atomic E-state index is 13.2. The number of hydrogen-bond acceptors (Lipinski definition) is 6. The Morgan fingerprint density at radius 3 is 2.64 bits per heavy atom. The molecule has 1 saturated heterocycles. The van der Waals surface area contributed by atoms with Gasteiger partial charge in [0, 0.05) is 30.8 Å². The molecular formula is C23H27F3N6O. The molecule has 1 fully saturated rings. The summed E-state index contributed by atoms with van der Waals surface area (Å²) in [7, 11) is 3.71. The number of hydrogen-bond donors (Lipinski definition) is 2. The van der Waals surface area contributed by atoms with Crippen LogP contribution in [0, 0.1) is 0 Å². The van der Waals surface area contributed by atoms with Crippen molar-refractivity contribution in [1.82, 2.24) is 19.4 Å². The molecular weight excluding hydrogens is 433 g/mol. The fraction of sp³-hybridized carbons (Fsp3) is 0.435. The lowest BCUT2D eigenvalue weighted by Gasteiger charge is -2.30. The van der Waals surface area contributed by atoms with E-state index in [1.54, 1.807) is 14.0 Å². The number of aryl methyl sites for hydroxylation is 1. The summed E-state index contributed by atoms with van der Waals surface area (Å²) in [6, 6.07) is 4.82. The van der Waals surface area contributed by atoms with E-state index in [2.05, 4.69) is 20.2 Å². The molecule has 0 aliphatic carbocycles. The number of halogens is 3. The van der Waals surface area contributed by atoms with Gasteiger partial charge >= 0.3 is 6.18 Å². The summed E-state index contributed by atoms with van der Waals surface area (Å²) in [5.41, 5.74) is 6.42. The fourth-order valence-electron chi connectivity index (χ4n) is 4.50. The molecule has 0 radical (unpaired) electrons. The highest BCUT2D eigenvalue weighted by atomic mass is 19.4. The smallest absolute Gasteiger partial charge is 0.399 e. The van der Waals surface area contributed by atoms with E-state index in [0.717, 1.165) is 38.1 Å². The first kappa shape index (κ1) is 23.0. The van der Waals surface area contributed by atoms with Gasteiger partial charge in [0.2, 0.25) is 0 Å². The van der Waals surface area contributed by atoms with Gasteiger partial charge in [0.15, 0.2) is 0 Å². The minimum Gasteiger partial charge on any atom is -0.399 e. The standard InChI is InChI=1S/C23H27F3N6O/c1-13(15-7-16(23(24,25)26)9-17(27)8-15)30-20-19-10-18(14-5-4-6-31(2)11-14)22(33)32(3)21(19)29-12-28-20/h7-10,12-14H,4-6,11,27H2,1-3H3,(H,28,29,30)/t13-,14?/m1/s1. The zero-order valence-electron chi connectivity index (χ0n) is 18.8. The number of nitrogen functional groups attached to an aromatic ring is 1. The molecule has 1 aliphatic heterocycles. The van der Waals surface area contributed by atoms with Gasteiger partial charge in [-0.1, -0.05) is 0 Å². The van der Waals surface area contributed by atoms with E-state index in [1.165, 1.54) is 17.0 Å². The molecule has 0 spiro atoms. The zero-order chi connectivity index (χ0) is 23.9. The summed E-state index contributed by atoms with van der Waals surface area (Å²) in [6.45, 7) is 3.52. The van der Waals surface area contributed by atoms with E-state index in [-0.39, 0.29) is 17.2 Å². The van der Waals surface area contributed by atoms with Crippen LogP contribution in [0.3, 0.4) is 0 Å². The molecule has 176 valence electrons. The van der Waals surface area contributed by atoms with Crippen LogP contribution in [0.4, 0.5) is 24.7 Å². The second kappa shape index (κ2) is 8.66. The highest BCUT2D eigenvalue weighted by Gasteiger charge is 2.31. The molecule has 2 aromatic heterocycles. The molecule has 10 heteroatoms. The number of likely N-dealkylation sites (N-methyl/N-ethyl adjacent to an activating group) is 1. The van der Waals surface area contributed by atoms with Gasteiger partial charge in [-0.3, -0.25) is 9.36 Å². The zero-order valence-corrected chi connectivity index (χ0v) is 18.8. The normalized spacial score (nSPS) is 18.4. The van der Waals surface area contributed by atoms with Crippen LogP contribution in [0.25, 0.3) is 11.0 Å². The number of fused-ring (bicyclic) bond motifs is 1. The van der Waals surface area contributed by atoms with Crippen LogP contribution >= 0.6 is 0 Å². The highest BCUT2D eigenvalue weighted by Crippen LogP contribution is 2.34. The van der Waals surface area contributed by atoms with Gasteiger partial charge < -0.3 is 16.0 Å². The third kappa shape index (κ3) is 4.66. The summed E-state index contributed by atoms with van der Waals surface area (Å²) in [6.07, 6.45) is -1.23. The maximum Gasteiger partial charge on any atom is 0.416 e. The van der Waals surface area contributed by atoms with Crippen LogP contribution in [0.5, 0.6) is 0 Å². The van der Waals surface area contributed by atoms with Gasteiger partial charge in [-0.15, -0.1) is 0 Å². The third-order valence-electron chi connectivity index (χ3n) is 6.25. The van der Waals surface area contributed by atoms with E-state index in [9.17, 15) is 18.0 Å². The SMILES string of the molecule is C[C@@H](Nc1ncnc2c1cc(C1CCCN(C)C1)c(=O)n2C)c1cc(N)cc(C(F)(F)F)c1. The van der Waals surface area contributed by atoms with Crippen molar-refractivity contribution < 1.29 is 13.2 Å². The van der Waals surface area contributed by atoms with Gasteiger partial charge in [0.1, 0.15) is 17.8 Å². The first-order valence-electron chi connectivity index (χ1n) is 10.8. The first-order valence-corrected chi connectivity index (χ1v) is 10.8. The summed E-state index contributed by atoms with van der Waals surface area (Å²) >= 11 is 0. The Morgan fingerprint density at radius 2 is 1.94 bits per heavy atom. The second-order valence-corrected chi connectivity index (χ2v) is 8.78. The second-order valence-electron chi connectivity index (χ2n) is 8.78. The van der Waals surface area contributed by atoms with Gasteiger partial charge in [0.05, 0.1) is 17.0 Å². The molecule has 1 unspecified atom stereocenters. The molecule has 1 aliphatic rings. The van der Waals surface area contributed by atoms with Gasteiger partial charge in [-0.05, 0) is 63.2 Å².